The number of amides is 1. The molecule has 1 aromatic carbocycles. The standard InChI is InChI=1S/C21H20F3N3O3/c22-21(23,24)17-8-16(4-3-14(17)9-25)26-6-5-15-10-27(12-20(15,11-26)13-28)19(29)18-2-1-7-30-18/h1-4,7-8,15,28H,5-6,10-13H2/t15-,20+/m1/s1. The summed E-state index contributed by atoms with van der Waals surface area (Å²) in [4.78, 5) is 16.1. The van der Waals surface area contributed by atoms with Gasteiger partial charge in [-0.25, -0.2) is 0 Å². The molecule has 30 heavy (non-hydrogen) atoms. The lowest BCUT2D eigenvalue weighted by Crippen LogP contribution is -2.51. The van der Waals surface area contributed by atoms with Gasteiger partial charge in [0.15, 0.2) is 5.76 Å². The number of likely N-dealkylation sites (tertiary alicyclic amines) is 1. The van der Waals surface area contributed by atoms with Crippen LogP contribution in [0.15, 0.2) is 41.0 Å². The molecule has 0 spiro atoms. The second-order valence-corrected chi connectivity index (χ2v) is 7.93. The van der Waals surface area contributed by atoms with Crippen molar-refractivity contribution in [2.24, 2.45) is 11.3 Å². The summed E-state index contributed by atoms with van der Waals surface area (Å²) in [5.41, 5.74) is -1.67. The Hall–Kier alpha value is -2.99. The van der Waals surface area contributed by atoms with Crippen LogP contribution in [0.1, 0.15) is 28.1 Å². The summed E-state index contributed by atoms with van der Waals surface area (Å²) in [6.07, 6.45) is -2.58. The number of fused-ring (bicyclic) bond motifs is 1. The average Bonchev–Trinajstić information content (AvgIpc) is 3.40. The predicted molar refractivity (Wildman–Crippen MR) is 101 cm³/mol. The van der Waals surface area contributed by atoms with E-state index in [2.05, 4.69) is 0 Å². The van der Waals surface area contributed by atoms with Gasteiger partial charge in [0.05, 0.1) is 30.1 Å². The number of piperidine rings is 1. The zero-order valence-electron chi connectivity index (χ0n) is 16.0. The van der Waals surface area contributed by atoms with Crippen molar-refractivity contribution in [3.8, 4) is 6.07 Å². The number of carbonyl (C=O) groups is 1. The third kappa shape index (κ3) is 3.41. The van der Waals surface area contributed by atoms with Crippen molar-refractivity contribution >= 4 is 11.6 Å². The van der Waals surface area contributed by atoms with E-state index in [4.69, 9.17) is 9.68 Å². The molecule has 0 aliphatic carbocycles. The Kier molecular flexibility index (Phi) is 4.98. The summed E-state index contributed by atoms with van der Waals surface area (Å²) >= 11 is 0. The first-order valence-electron chi connectivity index (χ1n) is 9.57. The fraction of sp³-hybridized carbons (Fsp3) is 0.429. The van der Waals surface area contributed by atoms with E-state index in [1.54, 1.807) is 28.0 Å². The van der Waals surface area contributed by atoms with Crippen LogP contribution in [0.5, 0.6) is 0 Å². The molecule has 1 amide bonds. The largest absolute Gasteiger partial charge is 0.459 e. The van der Waals surface area contributed by atoms with E-state index in [-0.39, 0.29) is 24.2 Å². The summed E-state index contributed by atoms with van der Waals surface area (Å²) in [5.74, 6) is 0.00476. The van der Waals surface area contributed by atoms with E-state index in [1.165, 1.54) is 18.4 Å². The van der Waals surface area contributed by atoms with Gasteiger partial charge in [0.2, 0.25) is 0 Å². The van der Waals surface area contributed by atoms with Crippen LogP contribution in [0.25, 0.3) is 0 Å². The van der Waals surface area contributed by atoms with Gasteiger partial charge in [-0.3, -0.25) is 4.79 Å². The summed E-state index contributed by atoms with van der Waals surface area (Å²) in [5, 5.41) is 19.2. The number of hydrogen-bond donors (Lipinski definition) is 1. The van der Waals surface area contributed by atoms with Crippen molar-refractivity contribution < 1.29 is 27.5 Å². The number of aliphatic hydroxyl groups excluding tert-OH is 1. The van der Waals surface area contributed by atoms with Crippen molar-refractivity contribution in [3.05, 3.63) is 53.5 Å². The number of aliphatic hydroxyl groups is 1. The Balaban J connectivity index is 1.59. The first-order chi connectivity index (χ1) is 14.3. The van der Waals surface area contributed by atoms with E-state index < -0.39 is 22.7 Å². The summed E-state index contributed by atoms with van der Waals surface area (Å²) in [7, 11) is 0. The topological polar surface area (TPSA) is 80.7 Å². The van der Waals surface area contributed by atoms with Crippen molar-refractivity contribution in [2.75, 3.05) is 37.7 Å². The lowest BCUT2D eigenvalue weighted by molar-refractivity contribution is -0.137. The molecule has 3 heterocycles. The Morgan fingerprint density at radius 3 is 2.77 bits per heavy atom. The molecule has 1 aromatic heterocycles. The molecule has 0 bridgehead atoms. The van der Waals surface area contributed by atoms with Crippen LogP contribution in [0.2, 0.25) is 0 Å². The van der Waals surface area contributed by atoms with Crippen molar-refractivity contribution in [2.45, 2.75) is 12.6 Å². The molecule has 2 fully saturated rings. The average molecular weight is 419 g/mol. The fourth-order valence-electron chi connectivity index (χ4n) is 4.60. The maximum Gasteiger partial charge on any atom is 0.417 e. The number of nitriles is 1. The molecular weight excluding hydrogens is 399 g/mol. The monoisotopic (exact) mass is 419 g/mol. The molecule has 0 saturated carbocycles. The number of carbonyl (C=O) groups excluding carboxylic acids is 1. The Labute approximate surface area is 171 Å². The summed E-state index contributed by atoms with van der Waals surface area (Å²) in [6, 6.07) is 8.47. The van der Waals surface area contributed by atoms with Gasteiger partial charge < -0.3 is 19.3 Å². The van der Waals surface area contributed by atoms with Gasteiger partial charge in [-0.2, -0.15) is 18.4 Å². The lowest BCUT2D eigenvalue weighted by Gasteiger charge is -2.44. The minimum absolute atomic E-state index is 0.0399. The van der Waals surface area contributed by atoms with E-state index in [0.717, 1.165) is 6.07 Å². The molecule has 1 N–H and O–H groups in total. The molecule has 2 atom stereocenters. The minimum atomic E-state index is -4.63. The molecule has 158 valence electrons. The van der Waals surface area contributed by atoms with Crippen LogP contribution < -0.4 is 4.90 Å². The van der Waals surface area contributed by atoms with Crippen LogP contribution in [0, 0.1) is 22.7 Å². The van der Waals surface area contributed by atoms with Gasteiger partial charge in [-0.15, -0.1) is 0 Å². The zero-order valence-corrected chi connectivity index (χ0v) is 16.0. The van der Waals surface area contributed by atoms with Crippen LogP contribution in [-0.4, -0.2) is 48.7 Å². The molecule has 0 radical (unpaired) electrons. The first kappa shape index (κ1) is 20.3. The number of nitrogens with zero attached hydrogens (tertiary/aromatic N) is 3. The molecule has 2 aliphatic rings. The van der Waals surface area contributed by atoms with E-state index in [9.17, 15) is 23.1 Å². The first-order valence-corrected chi connectivity index (χ1v) is 9.57. The molecule has 4 rings (SSSR count). The highest BCUT2D eigenvalue weighted by molar-refractivity contribution is 5.91. The molecular formula is C21H20F3N3O3. The maximum atomic E-state index is 13.4. The predicted octanol–water partition coefficient (Wildman–Crippen LogP) is 3.13. The van der Waals surface area contributed by atoms with Crippen molar-refractivity contribution in [3.63, 3.8) is 0 Å². The molecule has 6 nitrogen and oxygen atoms in total. The normalized spacial score (nSPS) is 23.9. The van der Waals surface area contributed by atoms with Crippen LogP contribution in [-0.2, 0) is 6.18 Å². The summed E-state index contributed by atoms with van der Waals surface area (Å²) in [6.45, 7) is 1.40. The molecule has 2 aromatic rings. The Morgan fingerprint density at radius 1 is 1.33 bits per heavy atom. The van der Waals surface area contributed by atoms with Crippen molar-refractivity contribution in [1.29, 1.82) is 5.26 Å². The highest BCUT2D eigenvalue weighted by atomic mass is 19.4. The lowest BCUT2D eigenvalue weighted by atomic mass is 9.74. The number of halogens is 3. The van der Waals surface area contributed by atoms with E-state index >= 15 is 0 Å². The van der Waals surface area contributed by atoms with Crippen LogP contribution in [0.3, 0.4) is 0 Å². The number of furan rings is 1. The summed E-state index contributed by atoms with van der Waals surface area (Å²) < 4.78 is 45.2. The van der Waals surface area contributed by atoms with Gasteiger partial charge >= 0.3 is 6.18 Å². The molecule has 0 unspecified atom stereocenters. The zero-order chi connectivity index (χ0) is 21.5. The smallest absolute Gasteiger partial charge is 0.417 e. The van der Waals surface area contributed by atoms with Gasteiger partial charge in [0, 0.05) is 37.3 Å². The number of alkyl halides is 3. The third-order valence-electron chi connectivity index (χ3n) is 6.19. The van der Waals surface area contributed by atoms with E-state index in [1.807, 2.05) is 0 Å². The van der Waals surface area contributed by atoms with Gasteiger partial charge in [0.25, 0.3) is 5.91 Å². The molecule has 2 saturated heterocycles. The Bertz CT molecular complexity index is 984. The highest BCUT2D eigenvalue weighted by Gasteiger charge is 2.51. The van der Waals surface area contributed by atoms with Gasteiger partial charge in [-0.05, 0) is 42.7 Å². The quantitative estimate of drug-likeness (QED) is 0.827. The third-order valence-corrected chi connectivity index (χ3v) is 6.19. The van der Waals surface area contributed by atoms with Gasteiger partial charge in [0.1, 0.15) is 0 Å². The molecule has 9 heteroatoms. The van der Waals surface area contributed by atoms with E-state index in [0.29, 0.717) is 38.3 Å². The number of hydrogen-bond acceptors (Lipinski definition) is 5. The number of anilines is 1. The van der Waals surface area contributed by atoms with Gasteiger partial charge in [-0.1, -0.05) is 0 Å². The maximum absolute atomic E-state index is 13.4. The minimum Gasteiger partial charge on any atom is -0.459 e. The highest BCUT2D eigenvalue weighted by Crippen LogP contribution is 2.44. The second-order valence-electron chi connectivity index (χ2n) is 7.93. The number of rotatable bonds is 3. The SMILES string of the molecule is N#Cc1ccc(N2CC[C@@H]3CN(C(=O)c4ccco4)C[C@]3(CO)C2)cc1C(F)(F)F. The van der Waals surface area contributed by atoms with Crippen molar-refractivity contribution in [1.82, 2.24) is 4.90 Å². The fourth-order valence-corrected chi connectivity index (χ4v) is 4.60. The van der Waals surface area contributed by atoms with Crippen LogP contribution in [0.4, 0.5) is 18.9 Å². The molecule has 2 aliphatic heterocycles. The Morgan fingerprint density at radius 2 is 2.13 bits per heavy atom. The van der Waals surface area contributed by atoms with Crippen LogP contribution >= 0.6 is 0 Å². The second kappa shape index (κ2) is 7.36. The number of benzene rings is 1.